The zero-order valence-corrected chi connectivity index (χ0v) is 12.9. The third kappa shape index (κ3) is 3.17. The molecule has 0 aliphatic heterocycles. The molecule has 2 rings (SSSR count). The number of ether oxygens (including phenoxy) is 3. The smallest absolute Gasteiger partial charge is 0.161 e. The number of nitrogens with two attached hydrogens (primary N) is 1. The van der Waals surface area contributed by atoms with Crippen molar-refractivity contribution in [2.24, 2.45) is 0 Å². The van der Waals surface area contributed by atoms with Gasteiger partial charge in [-0.15, -0.1) is 0 Å². The van der Waals surface area contributed by atoms with Crippen molar-refractivity contribution < 1.29 is 14.2 Å². The Morgan fingerprint density at radius 1 is 1.00 bits per heavy atom. The molecule has 0 heterocycles. The predicted octanol–water partition coefficient (Wildman–Crippen LogP) is 3.63. The van der Waals surface area contributed by atoms with E-state index in [9.17, 15) is 0 Å². The molecule has 0 aliphatic rings. The lowest BCUT2D eigenvalue weighted by atomic mass is 10.2. The normalized spacial score (nSPS) is 10.2. The van der Waals surface area contributed by atoms with E-state index in [0.29, 0.717) is 29.5 Å². The minimum absolute atomic E-state index is 0.419. The van der Waals surface area contributed by atoms with Gasteiger partial charge in [0, 0.05) is 5.69 Å². The van der Waals surface area contributed by atoms with Crippen molar-refractivity contribution in [1.82, 2.24) is 0 Å². The number of hydrogen-bond donors (Lipinski definition) is 1. The van der Waals surface area contributed by atoms with Crippen LogP contribution in [0.15, 0.2) is 40.9 Å². The van der Waals surface area contributed by atoms with Crippen molar-refractivity contribution in [3.05, 3.63) is 46.4 Å². The molecule has 0 aliphatic carbocycles. The molecule has 2 aromatic rings. The molecule has 0 saturated heterocycles. The van der Waals surface area contributed by atoms with Crippen LogP contribution in [-0.2, 0) is 6.61 Å². The van der Waals surface area contributed by atoms with Crippen LogP contribution in [0.1, 0.15) is 5.56 Å². The largest absolute Gasteiger partial charge is 0.493 e. The first-order chi connectivity index (χ1) is 9.65. The van der Waals surface area contributed by atoms with Crippen molar-refractivity contribution in [1.29, 1.82) is 0 Å². The van der Waals surface area contributed by atoms with E-state index in [2.05, 4.69) is 15.9 Å². The van der Waals surface area contributed by atoms with Gasteiger partial charge in [0.2, 0.25) is 0 Å². The summed E-state index contributed by atoms with van der Waals surface area (Å²) in [5.41, 5.74) is 7.44. The van der Waals surface area contributed by atoms with Crippen LogP contribution in [0.5, 0.6) is 17.2 Å². The average molecular weight is 338 g/mol. The zero-order valence-electron chi connectivity index (χ0n) is 11.4. The number of halogens is 1. The van der Waals surface area contributed by atoms with Gasteiger partial charge in [-0.05, 0) is 45.8 Å². The fourth-order valence-electron chi connectivity index (χ4n) is 1.77. The maximum atomic E-state index is 5.81. The number of nitrogen functional groups attached to an aromatic ring is 1. The van der Waals surface area contributed by atoms with E-state index in [0.717, 1.165) is 10.0 Å². The molecule has 0 radical (unpaired) electrons. The Morgan fingerprint density at radius 2 is 1.75 bits per heavy atom. The lowest BCUT2D eigenvalue weighted by Gasteiger charge is -2.12. The SMILES string of the molecule is COc1ccc(COc2cccc(N)c2Br)cc1OC. The molecule has 4 nitrogen and oxygen atoms in total. The van der Waals surface area contributed by atoms with Gasteiger partial charge in [-0.2, -0.15) is 0 Å². The molecule has 2 N–H and O–H groups in total. The van der Waals surface area contributed by atoms with E-state index in [1.807, 2.05) is 36.4 Å². The second-order valence-corrected chi connectivity index (χ2v) is 4.93. The lowest BCUT2D eigenvalue weighted by Crippen LogP contribution is -1.99. The van der Waals surface area contributed by atoms with Gasteiger partial charge in [-0.3, -0.25) is 0 Å². The number of methoxy groups -OCH3 is 2. The number of hydrogen-bond acceptors (Lipinski definition) is 4. The summed E-state index contributed by atoms with van der Waals surface area (Å²) in [7, 11) is 3.22. The fraction of sp³-hybridized carbons (Fsp3) is 0.200. The quantitative estimate of drug-likeness (QED) is 0.846. The molecule has 0 spiro atoms. The third-order valence-corrected chi connectivity index (χ3v) is 3.68. The van der Waals surface area contributed by atoms with Gasteiger partial charge in [-0.1, -0.05) is 12.1 Å². The maximum Gasteiger partial charge on any atom is 0.161 e. The molecule has 0 saturated carbocycles. The number of anilines is 1. The Labute approximate surface area is 126 Å². The molecule has 0 atom stereocenters. The molecule has 2 aromatic carbocycles. The summed E-state index contributed by atoms with van der Waals surface area (Å²) < 4.78 is 17.0. The predicted molar refractivity (Wildman–Crippen MR) is 82.4 cm³/mol. The molecule has 0 aromatic heterocycles. The molecule has 0 amide bonds. The standard InChI is InChI=1S/C15H16BrNO3/c1-18-12-7-6-10(8-14(12)19-2)9-20-13-5-3-4-11(17)15(13)16/h3-8H,9,17H2,1-2H3. The summed E-state index contributed by atoms with van der Waals surface area (Å²) in [6.07, 6.45) is 0. The minimum atomic E-state index is 0.419. The van der Waals surface area contributed by atoms with Crippen molar-refractivity contribution in [2.75, 3.05) is 20.0 Å². The Bertz CT molecular complexity index is 602. The number of benzene rings is 2. The first kappa shape index (κ1) is 14.5. The van der Waals surface area contributed by atoms with Gasteiger partial charge in [-0.25, -0.2) is 0 Å². The monoisotopic (exact) mass is 337 g/mol. The van der Waals surface area contributed by atoms with Crippen LogP contribution >= 0.6 is 15.9 Å². The highest BCUT2D eigenvalue weighted by Crippen LogP contribution is 2.32. The van der Waals surface area contributed by atoms with E-state index >= 15 is 0 Å². The number of rotatable bonds is 5. The van der Waals surface area contributed by atoms with Crippen LogP contribution < -0.4 is 19.9 Å². The summed E-state index contributed by atoms with van der Waals surface area (Å²) in [4.78, 5) is 0. The van der Waals surface area contributed by atoms with E-state index in [1.165, 1.54) is 0 Å². The first-order valence-corrected chi connectivity index (χ1v) is 6.82. The summed E-state index contributed by atoms with van der Waals surface area (Å²) in [5.74, 6) is 2.08. The average Bonchev–Trinajstić information content (AvgIpc) is 2.48. The van der Waals surface area contributed by atoms with Crippen molar-refractivity contribution in [3.63, 3.8) is 0 Å². The Hall–Kier alpha value is -1.88. The fourth-order valence-corrected chi connectivity index (χ4v) is 2.15. The van der Waals surface area contributed by atoms with Crippen LogP contribution in [0.3, 0.4) is 0 Å². The van der Waals surface area contributed by atoms with Crippen LogP contribution in [0.2, 0.25) is 0 Å². The molecule has 0 bridgehead atoms. The first-order valence-electron chi connectivity index (χ1n) is 6.03. The van der Waals surface area contributed by atoms with E-state index < -0.39 is 0 Å². The van der Waals surface area contributed by atoms with Crippen molar-refractivity contribution >= 4 is 21.6 Å². The second kappa shape index (κ2) is 6.52. The van der Waals surface area contributed by atoms with Gasteiger partial charge in [0.25, 0.3) is 0 Å². The van der Waals surface area contributed by atoms with Crippen molar-refractivity contribution in [2.45, 2.75) is 6.61 Å². The van der Waals surface area contributed by atoms with Gasteiger partial charge < -0.3 is 19.9 Å². The lowest BCUT2D eigenvalue weighted by molar-refractivity contribution is 0.302. The molecule has 106 valence electrons. The molecule has 20 heavy (non-hydrogen) atoms. The van der Waals surface area contributed by atoms with Crippen LogP contribution in [-0.4, -0.2) is 14.2 Å². The van der Waals surface area contributed by atoms with Gasteiger partial charge in [0.05, 0.1) is 18.7 Å². The van der Waals surface area contributed by atoms with Gasteiger partial charge in [0.15, 0.2) is 11.5 Å². The minimum Gasteiger partial charge on any atom is -0.493 e. The summed E-state index contributed by atoms with van der Waals surface area (Å²) >= 11 is 3.41. The highest BCUT2D eigenvalue weighted by Gasteiger charge is 2.07. The summed E-state index contributed by atoms with van der Waals surface area (Å²) in [6.45, 7) is 0.419. The molecule has 5 heteroatoms. The van der Waals surface area contributed by atoms with Crippen LogP contribution in [0, 0.1) is 0 Å². The van der Waals surface area contributed by atoms with Gasteiger partial charge >= 0.3 is 0 Å². The van der Waals surface area contributed by atoms with E-state index in [1.54, 1.807) is 14.2 Å². The second-order valence-electron chi connectivity index (χ2n) is 4.14. The van der Waals surface area contributed by atoms with Crippen LogP contribution in [0.25, 0.3) is 0 Å². The Morgan fingerprint density at radius 3 is 2.45 bits per heavy atom. The highest BCUT2D eigenvalue weighted by molar-refractivity contribution is 9.10. The molecular formula is C15H16BrNO3. The summed E-state index contributed by atoms with van der Waals surface area (Å²) in [6, 6.07) is 11.2. The Kier molecular flexibility index (Phi) is 4.74. The third-order valence-electron chi connectivity index (χ3n) is 2.84. The molecule has 0 fully saturated rings. The maximum absolute atomic E-state index is 5.81. The molecule has 0 unspecified atom stereocenters. The van der Waals surface area contributed by atoms with Gasteiger partial charge in [0.1, 0.15) is 12.4 Å². The van der Waals surface area contributed by atoms with E-state index in [-0.39, 0.29) is 0 Å². The molecular weight excluding hydrogens is 322 g/mol. The van der Waals surface area contributed by atoms with Crippen LogP contribution in [0.4, 0.5) is 5.69 Å². The van der Waals surface area contributed by atoms with Crippen molar-refractivity contribution in [3.8, 4) is 17.2 Å². The Balaban J connectivity index is 2.13. The summed E-state index contributed by atoms with van der Waals surface area (Å²) in [5, 5.41) is 0. The van der Waals surface area contributed by atoms with E-state index in [4.69, 9.17) is 19.9 Å². The zero-order chi connectivity index (χ0) is 14.5. The highest BCUT2D eigenvalue weighted by atomic mass is 79.9. The topological polar surface area (TPSA) is 53.7 Å².